The van der Waals surface area contributed by atoms with Gasteiger partial charge in [0.2, 0.25) is 0 Å². The van der Waals surface area contributed by atoms with E-state index in [1.807, 2.05) is 23.1 Å². The fourth-order valence-electron chi connectivity index (χ4n) is 3.60. The Morgan fingerprint density at radius 1 is 1.04 bits per heavy atom. The second kappa shape index (κ2) is 6.85. The van der Waals surface area contributed by atoms with E-state index in [1.165, 1.54) is 11.6 Å². The molecule has 8 heteroatoms. The fraction of sp³-hybridized carbons (Fsp3) is 0.444. The molecule has 0 saturated carbocycles. The highest BCUT2D eigenvalue weighted by atomic mass is 19.4. The van der Waals surface area contributed by atoms with E-state index in [4.69, 9.17) is 4.74 Å². The van der Waals surface area contributed by atoms with E-state index in [1.54, 1.807) is 0 Å². The average molecular weight is 364 g/mol. The summed E-state index contributed by atoms with van der Waals surface area (Å²) in [5.74, 6) is 0.454. The molecule has 1 aromatic heterocycles. The molecule has 0 N–H and O–H groups in total. The molecule has 26 heavy (non-hydrogen) atoms. The van der Waals surface area contributed by atoms with Crippen molar-refractivity contribution in [1.29, 1.82) is 0 Å². The molecule has 2 aliphatic rings. The molecule has 2 saturated heterocycles. The van der Waals surface area contributed by atoms with Crippen molar-refractivity contribution in [3.05, 3.63) is 53.7 Å². The second-order valence-corrected chi connectivity index (χ2v) is 6.61. The van der Waals surface area contributed by atoms with Crippen LogP contribution in [0.3, 0.4) is 0 Å². The van der Waals surface area contributed by atoms with E-state index in [0.29, 0.717) is 25.5 Å². The molecule has 2 unspecified atom stereocenters. The second-order valence-electron chi connectivity index (χ2n) is 6.61. The summed E-state index contributed by atoms with van der Waals surface area (Å²) in [4.78, 5) is 4.33. The van der Waals surface area contributed by atoms with Crippen molar-refractivity contribution in [2.24, 2.45) is 0 Å². The lowest BCUT2D eigenvalue weighted by molar-refractivity contribution is -0.141. The highest BCUT2D eigenvalue weighted by Crippen LogP contribution is 2.30. The van der Waals surface area contributed by atoms with Crippen LogP contribution >= 0.6 is 0 Å². The number of morpholine rings is 1. The Labute approximate surface area is 149 Å². The molecule has 138 valence electrons. The topological polar surface area (TPSA) is 41.5 Å². The molecule has 5 nitrogen and oxygen atoms in total. The van der Waals surface area contributed by atoms with Gasteiger partial charge in [-0.1, -0.05) is 30.3 Å². The number of benzene rings is 1. The number of aromatic nitrogens is 2. The number of anilines is 1. The van der Waals surface area contributed by atoms with Crippen molar-refractivity contribution >= 4 is 5.82 Å². The van der Waals surface area contributed by atoms with Gasteiger partial charge in [0.25, 0.3) is 0 Å². The normalized spacial score (nSPS) is 23.9. The van der Waals surface area contributed by atoms with E-state index >= 15 is 0 Å². The summed E-state index contributed by atoms with van der Waals surface area (Å²) in [6.45, 7) is 3.59. The van der Waals surface area contributed by atoms with Gasteiger partial charge < -0.3 is 9.64 Å². The molecule has 3 heterocycles. The lowest BCUT2D eigenvalue weighted by Crippen LogP contribution is -2.50. The van der Waals surface area contributed by atoms with Gasteiger partial charge in [-0.3, -0.25) is 4.90 Å². The van der Waals surface area contributed by atoms with E-state index in [2.05, 4.69) is 27.2 Å². The quantitative estimate of drug-likeness (QED) is 0.837. The lowest BCUT2D eigenvalue weighted by Gasteiger charge is -2.36. The van der Waals surface area contributed by atoms with Crippen LogP contribution in [0.4, 0.5) is 19.0 Å². The zero-order valence-electron chi connectivity index (χ0n) is 14.1. The van der Waals surface area contributed by atoms with Crippen molar-refractivity contribution < 1.29 is 17.9 Å². The maximum atomic E-state index is 12.7. The number of alkyl halides is 3. The molecule has 2 atom stereocenters. The molecular formula is C18H19F3N4O. The first-order valence-electron chi connectivity index (χ1n) is 8.56. The van der Waals surface area contributed by atoms with Crippen molar-refractivity contribution in [3.63, 3.8) is 0 Å². The summed E-state index contributed by atoms with van der Waals surface area (Å²) in [6.07, 6.45) is -4.45. The number of hydrogen-bond acceptors (Lipinski definition) is 5. The fourth-order valence-corrected chi connectivity index (χ4v) is 3.60. The predicted octanol–water partition coefficient (Wildman–Crippen LogP) is 2.58. The first kappa shape index (κ1) is 17.2. The number of nitrogens with zero attached hydrogens (tertiary/aromatic N) is 4. The van der Waals surface area contributed by atoms with Gasteiger partial charge in [-0.25, -0.2) is 0 Å². The first-order chi connectivity index (χ1) is 12.5. The molecule has 2 aromatic rings. The molecule has 0 amide bonds. The Morgan fingerprint density at radius 2 is 1.85 bits per heavy atom. The summed E-state index contributed by atoms with van der Waals surface area (Å²) in [5, 5.41) is 7.10. The Bertz CT molecular complexity index is 738. The monoisotopic (exact) mass is 364 g/mol. The Morgan fingerprint density at radius 3 is 2.54 bits per heavy atom. The number of fused-ring (bicyclic) bond motifs is 1. The van der Waals surface area contributed by atoms with E-state index in [9.17, 15) is 13.2 Å². The molecule has 2 aliphatic heterocycles. The van der Waals surface area contributed by atoms with Gasteiger partial charge in [-0.15, -0.1) is 10.2 Å². The highest BCUT2D eigenvalue weighted by Gasteiger charge is 2.41. The molecule has 0 spiro atoms. The van der Waals surface area contributed by atoms with Gasteiger partial charge in [0.1, 0.15) is 0 Å². The maximum Gasteiger partial charge on any atom is 0.435 e. The van der Waals surface area contributed by atoms with Crippen LogP contribution < -0.4 is 4.90 Å². The van der Waals surface area contributed by atoms with Crippen molar-refractivity contribution in [1.82, 2.24) is 15.1 Å². The third-order valence-electron chi connectivity index (χ3n) is 4.91. The van der Waals surface area contributed by atoms with Crippen LogP contribution in [0.15, 0.2) is 42.5 Å². The van der Waals surface area contributed by atoms with Crippen LogP contribution in [-0.4, -0.2) is 53.5 Å². The molecule has 0 aliphatic carbocycles. The van der Waals surface area contributed by atoms with Crippen LogP contribution in [0.2, 0.25) is 0 Å². The van der Waals surface area contributed by atoms with Gasteiger partial charge in [-0.05, 0) is 17.7 Å². The number of halogens is 3. The summed E-state index contributed by atoms with van der Waals surface area (Å²) in [7, 11) is 0. The number of rotatable bonds is 3. The predicted molar refractivity (Wildman–Crippen MR) is 89.6 cm³/mol. The SMILES string of the molecule is FC(F)(F)c1ccc(N2CC3OCCN(Cc4ccccc4)C3C2)nn1. The van der Waals surface area contributed by atoms with Crippen LogP contribution in [-0.2, 0) is 17.5 Å². The van der Waals surface area contributed by atoms with Crippen LogP contribution in [0.1, 0.15) is 11.3 Å². The zero-order valence-corrected chi connectivity index (χ0v) is 14.1. The number of ether oxygens (including phenoxy) is 1. The third kappa shape index (κ3) is 3.52. The Kier molecular flexibility index (Phi) is 4.54. The van der Waals surface area contributed by atoms with Gasteiger partial charge in [0.15, 0.2) is 11.5 Å². The zero-order chi connectivity index (χ0) is 18.1. The van der Waals surface area contributed by atoms with Crippen LogP contribution in [0, 0.1) is 0 Å². The summed E-state index contributed by atoms with van der Waals surface area (Å²) >= 11 is 0. The highest BCUT2D eigenvalue weighted by molar-refractivity contribution is 5.40. The first-order valence-corrected chi connectivity index (χ1v) is 8.56. The smallest absolute Gasteiger partial charge is 0.373 e. The van der Waals surface area contributed by atoms with E-state index < -0.39 is 11.9 Å². The minimum absolute atomic E-state index is 0.0246. The van der Waals surface area contributed by atoms with E-state index in [0.717, 1.165) is 19.2 Å². The van der Waals surface area contributed by atoms with Crippen molar-refractivity contribution in [2.45, 2.75) is 24.9 Å². The Balaban J connectivity index is 1.47. The van der Waals surface area contributed by atoms with E-state index in [-0.39, 0.29) is 12.1 Å². The molecule has 0 radical (unpaired) electrons. The number of hydrogen-bond donors (Lipinski definition) is 0. The molecule has 1 aromatic carbocycles. The van der Waals surface area contributed by atoms with Crippen molar-refractivity contribution in [3.8, 4) is 0 Å². The van der Waals surface area contributed by atoms with Gasteiger partial charge in [0.05, 0.1) is 18.8 Å². The minimum atomic E-state index is -4.47. The molecule has 4 rings (SSSR count). The van der Waals surface area contributed by atoms with Crippen molar-refractivity contribution in [2.75, 3.05) is 31.1 Å². The molecule has 0 bridgehead atoms. The van der Waals surface area contributed by atoms with Crippen LogP contribution in [0.5, 0.6) is 0 Å². The summed E-state index contributed by atoms with van der Waals surface area (Å²) in [5.41, 5.74) is 0.265. The van der Waals surface area contributed by atoms with Gasteiger partial charge in [-0.2, -0.15) is 13.2 Å². The van der Waals surface area contributed by atoms with Gasteiger partial charge >= 0.3 is 6.18 Å². The molecular weight excluding hydrogens is 345 g/mol. The minimum Gasteiger partial charge on any atom is -0.373 e. The van der Waals surface area contributed by atoms with Gasteiger partial charge in [0, 0.05) is 26.2 Å². The largest absolute Gasteiger partial charge is 0.435 e. The molecule has 2 fully saturated rings. The lowest BCUT2D eigenvalue weighted by atomic mass is 10.1. The maximum absolute atomic E-state index is 12.7. The standard InChI is InChI=1S/C18H19F3N4O/c19-18(20,21)16-6-7-17(23-22-16)25-11-14-15(12-25)26-9-8-24(14)10-13-4-2-1-3-5-13/h1-7,14-15H,8-12H2. The summed E-state index contributed by atoms with van der Waals surface area (Å²) in [6, 6.07) is 12.8. The average Bonchev–Trinajstić information content (AvgIpc) is 3.07. The van der Waals surface area contributed by atoms with Crippen LogP contribution in [0.25, 0.3) is 0 Å². The summed E-state index contributed by atoms with van der Waals surface area (Å²) < 4.78 is 43.8. The Hall–Kier alpha value is -2.19. The third-order valence-corrected chi connectivity index (χ3v) is 4.91.